The molecule has 1 aliphatic rings. The predicted molar refractivity (Wildman–Crippen MR) is 62.3 cm³/mol. The fourth-order valence-corrected chi connectivity index (χ4v) is 2.07. The second kappa shape index (κ2) is 3.83. The minimum absolute atomic E-state index is 0.983. The van der Waals surface area contributed by atoms with Gasteiger partial charge < -0.3 is 0 Å². The van der Waals surface area contributed by atoms with Gasteiger partial charge in [0.25, 0.3) is 0 Å². The zero-order chi connectivity index (χ0) is 9.97. The maximum Gasteiger partial charge on any atom is -0.00578 e. The Hall–Kier alpha value is -1.30. The number of hydrogen-bond donors (Lipinski definition) is 0. The lowest BCUT2D eigenvalue weighted by molar-refractivity contribution is 1.04. The van der Waals surface area contributed by atoms with Crippen molar-refractivity contribution >= 4 is 6.08 Å². The van der Waals surface area contributed by atoms with E-state index in [9.17, 15) is 0 Å². The van der Waals surface area contributed by atoms with Crippen LogP contribution in [-0.4, -0.2) is 0 Å². The van der Waals surface area contributed by atoms with Crippen molar-refractivity contribution in [2.45, 2.75) is 26.2 Å². The van der Waals surface area contributed by atoms with Crippen LogP contribution in [0.3, 0.4) is 0 Å². The molecule has 0 radical (unpaired) electrons. The van der Waals surface area contributed by atoms with Crippen molar-refractivity contribution in [3.63, 3.8) is 0 Å². The Labute approximate surface area is 86.0 Å². The van der Waals surface area contributed by atoms with E-state index in [2.05, 4.69) is 37.8 Å². The number of benzene rings is 1. The molecular formula is C14H16. The van der Waals surface area contributed by atoms with Gasteiger partial charge in [0, 0.05) is 0 Å². The molecule has 0 N–H and O–H groups in total. The molecule has 0 nitrogen and oxygen atoms in total. The molecule has 1 aromatic rings. The first kappa shape index (κ1) is 9.26. The Morgan fingerprint density at radius 3 is 3.00 bits per heavy atom. The summed E-state index contributed by atoms with van der Waals surface area (Å²) in [5, 5.41) is 0. The highest BCUT2D eigenvalue weighted by molar-refractivity contribution is 5.66. The molecule has 0 unspecified atom stereocenters. The molecule has 72 valence electrons. The average molecular weight is 184 g/mol. The van der Waals surface area contributed by atoms with Crippen LogP contribution in [0.25, 0.3) is 6.08 Å². The smallest absolute Gasteiger partial charge is 0.00578 e. The third-order valence-corrected chi connectivity index (χ3v) is 2.87. The predicted octanol–water partition coefficient (Wildman–Crippen LogP) is 3.76. The van der Waals surface area contributed by atoms with Crippen molar-refractivity contribution in [1.29, 1.82) is 0 Å². The lowest BCUT2D eigenvalue weighted by atomic mass is 10.0. The third kappa shape index (κ3) is 1.52. The molecular weight excluding hydrogens is 168 g/mol. The summed E-state index contributed by atoms with van der Waals surface area (Å²) in [6.45, 7) is 6.03. The average Bonchev–Trinajstić information content (AvgIpc) is 2.62. The van der Waals surface area contributed by atoms with E-state index >= 15 is 0 Å². The molecule has 1 aliphatic carbocycles. The van der Waals surface area contributed by atoms with E-state index in [1.54, 1.807) is 5.57 Å². The van der Waals surface area contributed by atoms with Crippen LogP contribution in [0.1, 0.15) is 30.0 Å². The Morgan fingerprint density at radius 2 is 2.29 bits per heavy atom. The van der Waals surface area contributed by atoms with Gasteiger partial charge in [0.05, 0.1) is 0 Å². The van der Waals surface area contributed by atoms with Crippen LogP contribution >= 0.6 is 0 Å². The minimum Gasteiger partial charge on any atom is -0.103 e. The molecule has 0 heterocycles. The van der Waals surface area contributed by atoms with Gasteiger partial charge in [-0.2, -0.15) is 0 Å². The van der Waals surface area contributed by atoms with E-state index in [1.165, 1.54) is 23.1 Å². The van der Waals surface area contributed by atoms with Gasteiger partial charge in [-0.3, -0.25) is 0 Å². The van der Waals surface area contributed by atoms with Crippen LogP contribution < -0.4 is 0 Å². The highest BCUT2D eigenvalue weighted by Crippen LogP contribution is 2.29. The number of hydrogen-bond acceptors (Lipinski definition) is 0. The second-order valence-corrected chi connectivity index (χ2v) is 3.82. The Kier molecular flexibility index (Phi) is 2.53. The normalized spacial score (nSPS) is 13.6. The zero-order valence-electron chi connectivity index (χ0n) is 8.72. The molecule has 0 saturated carbocycles. The summed E-state index contributed by atoms with van der Waals surface area (Å²) in [5.41, 5.74) is 5.91. The van der Waals surface area contributed by atoms with E-state index in [-0.39, 0.29) is 0 Å². The van der Waals surface area contributed by atoms with Gasteiger partial charge in [0.2, 0.25) is 0 Å². The van der Waals surface area contributed by atoms with E-state index < -0.39 is 0 Å². The minimum atomic E-state index is 0.983. The SMILES string of the molecule is C=CCc1cccc2c1C=C(CC)C2. The van der Waals surface area contributed by atoms with E-state index in [0.717, 1.165) is 12.8 Å². The first-order valence-electron chi connectivity index (χ1n) is 5.26. The maximum absolute atomic E-state index is 3.80. The lowest BCUT2D eigenvalue weighted by Crippen LogP contribution is -1.89. The van der Waals surface area contributed by atoms with Crippen molar-refractivity contribution in [3.05, 3.63) is 53.1 Å². The third-order valence-electron chi connectivity index (χ3n) is 2.87. The van der Waals surface area contributed by atoms with Gasteiger partial charge in [-0.05, 0) is 36.0 Å². The zero-order valence-corrected chi connectivity index (χ0v) is 8.72. The fourth-order valence-electron chi connectivity index (χ4n) is 2.07. The molecule has 0 aromatic heterocycles. The van der Waals surface area contributed by atoms with E-state index in [0.29, 0.717) is 0 Å². The van der Waals surface area contributed by atoms with Crippen LogP contribution in [0, 0.1) is 0 Å². The molecule has 0 bridgehead atoms. The van der Waals surface area contributed by atoms with Gasteiger partial charge in [-0.15, -0.1) is 6.58 Å². The molecule has 0 amide bonds. The number of rotatable bonds is 3. The van der Waals surface area contributed by atoms with Crippen molar-refractivity contribution < 1.29 is 0 Å². The van der Waals surface area contributed by atoms with Crippen LogP contribution in [0.2, 0.25) is 0 Å². The Morgan fingerprint density at radius 1 is 1.43 bits per heavy atom. The van der Waals surface area contributed by atoms with Crippen molar-refractivity contribution in [3.8, 4) is 0 Å². The van der Waals surface area contributed by atoms with Gasteiger partial charge >= 0.3 is 0 Å². The molecule has 0 aliphatic heterocycles. The highest BCUT2D eigenvalue weighted by atomic mass is 14.2. The fraction of sp³-hybridized carbons (Fsp3) is 0.286. The first-order valence-corrected chi connectivity index (χ1v) is 5.26. The van der Waals surface area contributed by atoms with Gasteiger partial charge in [-0.25, -0.2) is 0 Å². The summed E-state index contributed by atoms with van der Waals surface area (Å²) in [6, 6.07) is 6.60. The Balaban J connectivity index is 2.41. The van der Waals surface area contributed by atoms with E-state index in [1.807, 2.05) is 6.08 Å². The van der Waals surface area contributed by atoms with Crippen LogP contribution in [0.4, 0.5) is 0 Å². The summed E-state index contributed by atoms with van der Waals surface area (Å²) in [4.78, 5) is 0. The highest BCUT2D eigenvalue weighted by Gasteiger charge is 2.13. The van der Waals surface area contributed by atoms with Crippen molar-refractivity contribution in [1.82, 2.24) is 0 Å². The van der Waals surface area contributed by atoms with Gasteiger partial charge in [-0.1, -0.05) is 42.8 Å². The number of allylic oxidation sites excluding steroid dienone is 2. The number of fused-ring (bicyclic) bond motifs is 1. The van der Waals surface area contributed by atoms with Crippen LogP contribution in [0.15, 0.2) is 36.4 Å². The van der Waals surface area contributed by atoms with Crippen molar-refractivity contribution in [2.24, 2.45) is 0 Å². The molecule has 0 atom stereocenters. The second-order valence-electron chi connectivity index (χ2n) is 3.82. The maximum atomic E-state index is 3.80. The van der Waals surface area contributed by atoms with E-state index in [4.69, 9.17) is 0 Å². The largest absolute Gasteiger partial charge is 0.103 e. The monoisotopic (exact) mass is 184 g/mol. The standard InChI is InChI=1S/C14H16/c1-3-6-12-7-5-8-13-9-11(4-2)10-14(12)13/h3,5,7-8,10H,1,4,6,9H2,2H3. The molecule has 14 heavy (non-hydrogen) atoms. The van der Waals surface area contributed by atoms with Gasteiger partial charge in [0.15, 0.2) is 0 Å². The summed E-state index contributed by atoms with van der Waals surface area (Å²) >= 11 is 0. The molecule has 2 rings (SSSR count). The Bertz CT molecular complexity index is 383. The molecule has 0 spiro atoms. The van der Waals surface area contributed by atoms with Crippen molar-refractivity contribution in [2.75, 3.05) is 0 Å². The van der Waals surface area contributed by atoms with Gasteiger partial charge in [0.1, 0.15) is 0 Å². The molecule has 1 aromatic carbocycles. The van der Waals surface area contributed by atoms with Crippen LogP contribution in [0.5, 0.6) is 0 Å². The summed E-state index contributed by atoms with van der Waals surface area (Å²) < 4.78 is 0. The molecule has 0 fully saturated rings. The molecule has 0 heteroatoms. The summed E-state index contributed by atoms with van der Waals surface area (Å²) in [5.74, 6) is 0. The topological polar surface area (TPSA) is 0 Å². The molecule has 0 saturated heterocycles. The summed E-state index contributed by atoms with van der Waals surface area (Å²) in [7, 11) is 0. The quantitative estimate of drug-likeness (QED) is 0.627. The lowest BCUT2D eigenvalue weighted by Gasteiger charge is -2.04. The first-order chi connectivity index (χ1) is 6.85. The summed E-state index contributed by atoms with van der Waals surface area (Å²) in [6.07, 6.45) is 7.64. The van der Waals surface area contributed by atoms with Crippen LogP contribution in [-0.2, 0) is 12.8 Å².